The average molecular weight is 321 g/mol. The van der Waals surface area contributed by atoms with E-state index < -0.39 is 12.2 Å². The van der Waals surface area contributed by atoms with Crippen LogP contribution in [0.1, 0.15) is 31.2 Å². The average Bonchev–Trinajstić information content (AvgIpc) is 2.85. The largest absolute Gasteiger partial charge is 0.435 e. The molecule has 1 aromatic rings. The van der Waals surface area contributed by atoms with Crippen molar-refractivity contribution < 1.29 is 18.3 Å². The first-order valence-electron chi connectivity index (χ1n) is 6.60. The van der Waals surface area contributed by atoms with Crippen LogP contribution in [0.5, 0.6) is 5.75 Å². The van der Waals surface area contributed by atoms with Crippen LogP contribution in [0, 0.1) is 0 Å². The second-order valence-electron chi connectivity index (χ2n) is 5.07. The minimum absolute atomic E-state index is 0. The zero-order valence-corrected chi connectivity index (χ0v) is 12.3. The molecule has 0 unspecified atom stereocenters. The Balaban J connectivity index is 0.00000220. The maximum absolute atomic E-state index is 12.0. The Morgan fingerprint density at radius 3 is 2.38 bits per heavy atom. The van der Waals surface area contributed by atoms with Crippen molar-refractivity contribution in [3.8, 4) is 5.75 Å². The lowest BCUT2D eigenvalue weighted by atomic mass is 9.98. The lowest BCUT2D eigenvalue weighted by Gasteiger charge is -2.22. The summed E-state index contributed by atoms with van der Waals surface area (Å²) in [6.45, 7) is -2.51. The molecule has 4 nitrogen and oxygen atoms in total. The fourth-order valence-corrected chi connectivity index (χ4v) is 2.38. The Kier molecular flexibility index (Phi) is 6.36. The summed E-state index contributed by atoms with van der Waals surface area (Å²) in [5.41, 5.74) is 6.09. The van der Waals surface area contributed by atoms with Crippen LogP contribution in [-0.2, 0) is 11.3 Å². The Morgan fingerprint density at radius 2 is 1.86 bits per heavy atom. The maximum Gasteiger partial charge on any atom is 0.387 e. The van der Waals surface area contributed by atoms with Crippen LogP contribution in [-0.4, -0.2) is 18.1 Å². The van der Waals surface area contributed by atoms with Crippen molar-refractivity contribution in [2.45, 2.75) is 44.4 Å². The van der Waals surface area contributed by atoms with Crippen LogP contribution in [0.3, 0.4) is 0 Å². The van der Waals surface area contributed by atoms with E-state index in [0.717, 1.165) is 18.4 Å². The van der Waals surface area contributed by atoms with Gasteiger partial charge in [0.15, 0.2) is 0 Å². The predicted octanol–water partition coefficient (Wildman–Crippen LogP) is 2.60. The molecular formula is C14H19ClF2N2O2. The number of nitrogens with two attached hydrogens (primary N) is 1. The van der Waals surface area contributed by atoms with Crippen LogP contribution >= 0.6 is 12.4 Å². The van der Waals surface area contributed by atoms with Crippen molar-refractivity contribution in [2.24, 2.45) is 5.73 Å². The molecule has 0 spiro atoms. The van der Waals surface area contributed by atoms with Crippen LogP contribution in [0.25, 0.3) is 0 Å². The number of amides is 1. The van der Waals surface area contributed by atoms with Gasteiger partial charge in [-0.2, -0.15) is 8.78 Å². The van der Waals surface area contributed by atoms with Gasteiger partial charge in [-0.25, -0.2) is 0 Å². The van der Waals surface area contributed by atoms with Crippen LogP contribution < -0.4 is 15.8 Å². The molecule has 1 aliphatic rings. The van der Waals surface area contributed by atoms with Gasteiger partial charge in [0.25, 0.3) is 0 Å². The molecule has 0 saturated heterocycles. The normalized spacial score (nSPS) is 16.4. The number of nitrogens with one attached hydrogen (secondary N) is 1. The van der Waals surface area contributed by atoms with Gasteiger partial charge in [0.2, 0.25) is 5.91 Å². The molecule has 1 aromatic carbocycles. The van der Waals surface area contributed by atoms with E-state index in [9.17, 15) is 13.6 Å². The van der Waals surface area contributed by atoms with Gasteiger partial charge in [-0.1, -0.05) is 25.0 Å². The third kappa shape index (κ3) is 4.82. The van der Waals surface area contributed by atoms with E-state index >= 15 is 0 Å². The van der Waals surface area contributed by atoms with E-state index in [2.05, 4.69) is 10.1 Å². The molecule has 1 aliphatic carbocycles. The highest BCUT2D eigenvalue weighted by Gasteiger charge is 2.36. The first-order chi connectivity index (χ1) is 9.49. The van der Waals surface area contributed by atoms with E-state index in [-0.39, 0.29) is 24.1 Å². The molecule has 118 valence electrons. The Bertz CT molecular complexity index is 463. The number of ether oxygens (including phenoxy) is 1. The fraction of sp³-hybridized carbons (Fsp3) is 0.500. The summed E-state index contributed by atoms with van der Waals surface area (Å²) in [6.07, 6.45) is 3.37. The number of rotatable bonds is 5. The topological polar surface area (TPSA) is 64.4 Å². The number of halogens is 3. The molecule has 3 N–H and O–H groups in total. The highest BCUT2D eigenvalue weighted by Crippen LogP contribution is 2.27. The lowest BCUT2D eigenvalue weighted by Crippen LogP contribution is -2.51. The van der Waals surface area contributed by atoms with Crippen LogP contribution in [0.15, 0.2) is 24.3 Å². The summed E-state index contributed by atoms with van der Waals surface area (Å²) < 4.78 is 28.2. The van der Waals surface area contributed by atoms with Gasteiger partial charge < -0.3 is 15.8 Å². The SMILES string of the molecule is Cl.NC1(C(=O)NCc2ccc(OC(F)F)cc2)CCCC1. The number of carbonyl (C=O) groups excluding carboxylic acids is 1. The van der Waals surface area contributed by atoms with Crippen molar-refractivity contribution in [1.82, 2.24) is 5.32 Å². The molecule has 7 heteroatoms. The summed E-state index contributed by atoms with van der Waals surface area (Å²) in [6, 6.07) is 6.16. The monoisotopic (exact) mass is 320 g/mol. The number of alkyl halides is 2. The summed E-state index contributed by atoms with van der Waals surface area (Å²) >= 11 is 0. The van der Waals surface area contributed by atoms with Crippen molar-refractivity contribution in [2.75, 3.05) is 0 Å². The van der Waals surface area contributed by atoms with Crippen molar-refractivity contribution in [3.05, 3.63) is 29.8 Å². The zero-order valence-electron chi connectivity index (χ0n) is 11.5. The molecule has 0 heterocycles. The second kappa shape index (κ2) is 7.56. The molecule has 1 saturated carbocycles. The van der Waals surface area contributed by atoms with Crippen LogP contribution in [0.2, 0.25) is 0 Å². The van der Waals surface area contributed by atoms with Crippen LogP contribution in [0.4, 0.5) is 8.78 Å². The molecular weight excluding hydrogens is 302 g/mol. The van der Waals surface area contributed by atoms with Crippen molar-refractivity contribution in [3.63, 3.8) is 0 Å². The van der Waals surface area contributed by atoms with Gasteiger partial charge in [0.05, 0.1) is 5.54 Å². The fourth-order valence-electron chi connectivity index (χ4n) is 2.38. The summed E-state index contributed by atoms with van der Waals surface area (Å²) in [5.74, 6) is -0.0518. The predicted molar refractivity (Wildman–Crippen MR) is 77.6 cm³/mol. The van der Waals surface area contributed by atoms with E-state index in [1.54, 1.807) is 12.1 Å². The molecule has 1 fully saturated rings. The van der Waals surface area contributed by atoms with Gasteiger partial charge >= 0.3 is 6.61 Å². The summed E-state index contributed by atoms with van der Waals surface area (Å²) in [5, 5.41) is 2.79. The summed E-state index contributed by atoms with van der Waals surface area (Å²) in [4.78, 5) is 12.0. The third-order valence-electron chi connectivity index (χ3n) is 3.55. The maximum atomic E-state index is 12.0. The second-order valence-corrected chi connectivity index (χ2v) is 5.07. The molecule has 0 bridgehead atoms. The van der Waals surface area contributed by atoms with Gasteiger partial charge in [0.1, 0.15) is 5.75 Å². The Labute approximate surface area is 128 Å². The van der Waals surface area contributed by atoms with E-state index in [1.165, 1.54) is 12.1 Å². The van der Waals surface area contributed by atoms with Crippen molar-refractivity contribution >= 4 is 18.3 Å². The lowest BCUT2D eigenvalue weighted by molar-refractivity contribution is -0.126. The first-order valence-corrected chi connectivity index (χ1v) is 6.60. The van der Waals surface area contributed by atoms with E-state index in [1.807, 2.05) is 0 Å². The number of carbonyl (C=O) groups is 1. The number of hydrogen-bond donors (Lipinski definition) is 2. The smallest absolute Gasteiger partial charge is 0.387 e. The Hall–Kier alpha value is -1.40. The number of hydrogen-bond acceptors (Lipinski definition) is 3. The molecule has 0 aliphatic heterocycles. The Morgan fingerprint density at radius 1 is 1.29 bits per heavy atom. The first kappa shape index (κ1) is 17.7. The quantitative estimate of drug-likeness (QED) is 0.876. The van der Waals surface area contributed by atoms with Gasteiger partial charge in [0, 0.05) is 6.54 Å². The highest BCUT2D eigenvalue weighted by molar-refractivity contribution is 5.86. The molecule has 2 rings (SSSR count). The molecule has 0 atom stereocenters. The zero-order chi connectivity index (χ0) is 14.6. The minimum Gasteiger partial charge on any atom is -0.435 e. The van der Waals surface area contributed by atoms with E-state index in [4.69, 9.17) is 5.73 Å². The van der Waals surface area contributed by atoms with Gasteiger partial charge in [-0.3, -0.25) is 4.79 Å². The molecule has 0 aromatic heterocycles. The molecule has 1 amide bonds. The summed E-state index contributed by atoms with van der Waals surface area (Å²) in [7, 11) is 0. The van der Waals surface area contributed by atoms with Crippen molar-refractivity contribution in [1.29, 1.82) is 0 Å². The van der Waals surface area contributed by atoms with Gasteiger partial charge in [-0.15, -0.1) is 12.4 Å². The standard InChI is InChI=1S/C14H18F2N2O2.ClH/c15-13(16)20-11-5-3-10(4-6-11)9-18-12(19)14(17)7-1-2-8-14;/h3-6,13H,1-2,7-9,17H2,(H,18,19);1H. The van der Waals surface area contributed by atoms with E-state index in [0.29, 0.717) is 19.4 Å². The minimum atomic E-state index is -2.83. The highest BCUT2D eigenvalue weighted by atomic mass is 35.5. The molecule has 0 radical (unpaired) electrons. The van der Waals surface area contributed by atoms with Gasteiger partial charge in [-0.05, 0) is 30.5 Å². The third-order valence-corrected chi connectivity index (χ3v) is 3.55. The molecule has 21 heavy (non-hydrogen) atoms. The number of benzene rings is 1.